The van der Waals surface area contributed by atoms with Gasteiger partial charge in [-0.1, -0.05) is 6.42 Å². The maximum atomic E-state index is 6.07. The summed E-state index contributed by atoms with van der Waals surface area (Å²) in [4.78, 5) is 3.98. The molecule has 0 spiro atoms. The van der Waals surface area contributed by atoms with E-state index in [9.17, 15) is 0 Å². The Labute approximate surface area is 85.0 Å². The number of halogens is 1. The molecule has 0 saturated heterocycles. The van der Waals surface area contributed by atoms with Gasteiger partial charge in [0.05, 0.1) is 0 Å². The van der Waals surface area contributed by atoms with E-state index in [-0.39, 0.29) is 18.4 Å². The molecule has 0 amide bonds. The van der Waals surface area contributed by atoms with Gasteiger partial charge in [-0.05, 0) is 36.5 Å². The Morgan fingerprint density at radius 1 is 1.31 bits per heavy atom. The van der Waals surface area contributed by atoms with Gasteiger partial charge in [0.2, 0.25) is 0 Å². The van der Waals surface area contributed by atoms with Crippen LogP contribution in [0.4, 0.5) is 0 Å². The Balaban J connectivity index is 0.000000845. The van der Waals surface area contributed by atoms with E-state index in [0.29, 0.717) is 5.92 Å². The first-order valence-electron chi connectivity index (χ1n) is 4.53. The normalized spacial score (nSPS) is 18.5. The van der Waals surface area contributed by atoms with Crippen LogP contribution in [-0.2, 0) is 0 Å². The van der Waals surface area contributed by atoms with Crippen LogP contribution in [-0.4, -0.2) is 4.98 Å². The Bertz CT molecular complexity index is 246. The van der Waals surface area contributed by atoms with Crippen molar-refractivity contribution in [3.8, 4) is 0 Å². The molecule has 1 atom stereocenters. The summed E-state index contributed by atoms with van der Waals surface area (Å²) in [5.41, 5.74) is 7.30. The van der Waals surface area contributed by atoms with Crippen molar-refractivity contribution in [2.45, 2.75) is 25.3 Å². The highest BCUT2D eigenvalue weighted by Crippen LogP contribution is 2.35. The topological polar surface area (TPSA) is 38.9 Å². The first-order chi connectivity index (χ1) is 5.88. The lowest BCUT2D eigenvalue weighted by atomic mass is 9.78. The van der Waals surface area contributed by atoms with Crippen LogP contribution in [0.5, 0.6) is 0 Å². The van der Waals surface area contributed by atoms with Crippen LogP contribution in [0.2, 0.25) is 0 Å². The van der Waals surface area contributed by atoms with Crippen LogP contribution in [0.15, 0.2) is 24.5 Å². The molecule has 3 heteroatoms. The van der Waals surface area contributed by atoms with Crippen LogP contribution in [0.1, 0.15) is 30.9 Å². The smallest absolute Gasteiger partial charge is 0.0324 e. The Morgan fingerprint density at radius 2 is 1.92 bits per heavy atom. The van der Waals surface area contributed by atoms with E-state index in [1.54, 1.807) is 0 Å². The van der Waals surface area contributed by atoms with E-state index in [2.05, 4.69) is 4.98 Å². The third-order valence-corrected chi connectivity index (χ3v) is 2.75. The average Bonchev–Trinajstić information content (AvgIpc) is 2.03. The standard InChI is InChI=1S/C10H14N2.ClH/c11-10(8-2-1-3-8)9-4-6-12-7-5-9;/h4-8,10H,1-3,11H2;1H/t10-;/m1./s1. The van der Waals surface area contributed by atoms with Gasteiger partial charge < -0.3 is 5.73 Å². The van der Waals surface area contributed by atoms with Crippen molar-refractivity contribution in [3.63, 3.8) is 0 Å². The molecule has 13 heavy (non-hydrogen) atoms. The summed E-state index contributed by atoms with van der Waals surface area (Å²) in [5, 5.41) is 0. The van der Waals surface area contributed by atoms with Gasteiger partial charge >= 0.3 is 0 Å². The van der Waals surface area contributed by atoms with E-state index in [4.69, 9.17) is 5.73 Å². The minimum Gasteiger partial charge on any atom is -0.324 e. The molecule has 2 nitrogen and oxygen atoms in total. The maximum absolute atomic E-state index is 6.07. The number of hydrogen-bond acceptors (Lipinski definition) is 2. The first kappa shape index (κ1) is 10.5. The van der Waals surface area contributed by atoms with Gasteiger partial charge in [-0.15, -0.1) is 12.4 Å². The van der Waals surface area contributed by atoms with Crippen LogP contribution in [0.25, 0.3) is 0 Å². The van der Waals surface area contributed by atoms with Crippen molar-refractivity contribution in [1.82, 2.24) is 4.98 Å². The number of nitrogens with two attached hydrogens (primary N) is 1. The fourth-order valence-corrected chi connectivity index (χ4v) is 1.66. The van der Waals surface area contributed by atoms with E-state index in [0.717, 1.165) is 0 Å². The monoisotopic (exact) mass is 198 g/mol. The summed E-state index contributed by atoms with van der Waals surface area (Å²) >= 11 is 0. The molecule has 2 N–H and O–H groups in total. The highest BCUT2D eigenvalue weighted by molar-refractivity contribution is 5.85. The Kier molecular flexibility index (Phi) is 3.70. The molecule has 1 aliphatic rings. The first-order valence-corrected chi connectivity index (χ1v) is 4.53. The van der Waals surface area contributed by atoms with Crippen LogP contribution in [0.3, 0.4) is 0 Å². The molecule has 0 radical (unpaired) electrons. The molecule has 1 aromatic rings. The summed E-state index contributed by atoms with van der Waals surface area (Å²) in [7, 11) is 0. The number of aromatic nitrogens is 1. The summed E-state index contributed by atoms with van der Waals surface area (Å²) in [6.07, 6.45) is 7.57. The van der Waals surface area contributed by atoms with Gasteiger partial charge in [0.25, 0.3) is 0 Å². The second-order valence-corrected chi connectivity index (χ2v) is 3.50. The van der Waals surface area contributed by atoms with Crippen molar-refractivity contribution in [3.05, 3.63) is 30.1 Å². The van der Waals surface area contributed by atoms with Crippen LogP contribution < -0.4 is 5.73 Å². The quantitative estimate of drug-likeness (QED) is 0.792. The lowest BCUT2D eigenvalue weighted by Gasteiger charge is -2.31. The summed E-state index contributed by atoms with van der Waals surface area (Å²) in [6, 6.07) is 4.27. The van der Waals surface area contributed by atoms with Gasteiger partial charge in [0.15, 0.2) is 0 Å². The molecular formula is C10H15ClN2. The van der Waals surface area contributed by atoms with E-state index in [1.807, 2.05) is 24.5 Å². The summed E-state index contributed by atoms with van der Waals surface area (Å²) in [5.74, 6) is 0.715. The molecule has 1 heterocycles. The zero-order chi connectivity index (χ0) is 8.39. The Hall–Kier alpha value is -0.600. The van der Waals surface area contributed by atoms with Crippen molar-refractivity contribution < 1.29 is 0 Å². The lowest BCUT2D eigenvalue weighted by molar-refractivity contribution is 0.264. The van der Waals surface area contributed by atoms with E-state index >= 15 is 0 Å². The average molecular weight is 199 g/mol. The highest BCUT2D eigenvalue weighted by Gasteiger charge is 2.25. The molecule has 0 bridgehead atoms. The van der Waals surface area contributed by atoms with Gasteiger partial charge in [0.1, 0.15) is 0 Å². The summed E-state index contributed by atoms with van der Waals surface area (Å²) < 4.78 is 0. The van der Waals surface area contributed by atoms with Crippen molar-refractivity contribution in [2.75, 3.05) is 0 Å². The van der Waals surface area contributed by atoms with Gasteiger partial charge in [-0.25, -0.2) is 0 Å². The van der Waals surface area contributed by atoms with E-state index in [1.165, 1.54) is 24.8 Å². The maximum Gasteiger partial charge on any atom is 0.0324 e. The van der Waals surface area contributed by atoms with Gasteiger partial charge in [0, 0.05) is 18.4 Å². The zero-order valence-corrected chi connectivity index (χ0v) is 8.33. The van der Waals surface area contributed by atoms with Crippen molar-refractivity contribution in [1.29, 1.82) is 0 Å². The van der Waals surface area contributed by atoms with Gasteiger partial charge in [-0.3, -0.25) is 4.98 Å². The third-order valence-electron chi connectivity index (χ3n) is 2.75. The molecule has 0 aliphatic heterocycles. The second kappa shape index (κ2) is 4.58. The molecule has 1 aromatic heterocycles. The Morgan fingerprint density at radius 3 is 2.38 bits per heavy atom. The molecule has 0 unspecified atom stereocenters. The molecular weight excluding hydrogens is 184 g/mol. The minimum absolute atomic E-state index is 0. The largest absolute Gasteiger partial charge is 0.324 e. The molecule has 0 aromatic carbocycles. The predicted molar refractivity (Wildman–Crippen MR) is 55.8 cm³/mol. The third kappa shape index (κ3) is 2.20. The van der Waals surface area contributed by atoms with Crippen molar-refractivity contribution in [2.24, 2.45) is 11.7 Å². The van der Waals surface area contributed by atoms with Crippen molar-refractivity contribution >= 4 is 12.4 Å². The zero-order valence-electron chi connectivity index (χ0n) is 7.52. The van der Waals surface area contributed by atoms with E-state index < -0.39 is 0 Å². The fraction of sp³-hybridized carbons (Fsp3) is 0.500. The lowest BCUT2D eigenvalue weighted by Crippen LogP contribution is -2.26. The highest BCUT2D eigenvalue weighted by atomic mass is 35.5. The van der Waals surface area contributed by atoms with Crippen LogP contribution in [0, 0.1) is 5.92 Å². The molecule has 1 fully saturated rings. The number of pyridine rings is 1. The fourth-order valence-electron chi connectivity index (χ4n) is 1.66. The SMILES string of the molecule is Cl.N[C@@H](c1ccncc1)C1CCC1. The molecule has 1 saturated carbocycles. The van der Waals surface area contributed by atoms with Gasteiger partial charge in [-0.2, -0.15) is 0 Å². The minimum atomic E-state index is 0. The molecule has 2 rings (SSSR count). The summed E-state index contributed by atoms with van der Waals surface area (Å²) in [6.45, 7) is 0. The molecule has 1 aliphatic carbocycles. The molecule has 72 valence electrons. The predicted octanol–water partition coefficient (Wildman–Crippen LogP) is 2.30. The number of hydrogen-bond donors (Lipinski definition) is 1. The second-order valence-electron chi connectivity index (χ2n) is 3.50. The number of rotatable bonds is 2. The van der Waals surface area contributed by atoms with Crippen LogP contribution >= 0.6 is 12.4 Å². The number of nitrogens with zero attached hydrogens (tertiary/aromatic N) is 1.